The first-order chi connectivity index (χ1) is 13.2. The number of hydrogen-bond donors (Lipinski definition) is 0. The molecule has 0 radical (unpaired) electrons. The molecule has 5 heteroatoms. The summed E-state index contributed by atoms with van der Waals surface area (Å²) in [5, 5.41) is 8.88. The van der Waals surface area contributed by atoms with Gasteiger partial charge < -0.3 is 9.80 Å². The average molecular weight is 360 g/mol. The number of rotatable bonds is 3. The largest absolute Gasteiger partial charge is 0.357 e. The van der Waals surface area contributed by atoms with Crippen molar-refractivity contribution in [3.63, 3.8) is 0 Å². The molecular weight excluding hydrogens is 336 g/mol. The Balaban J connectivity index is 1.29. The van der Waals surface area contributed by atoms with E-state index >= 15 is 0 Å². The van der Waals surface area contributed by atoms with Crippen LogP contribution in [-0.4, -0.2) is 35.4 Å². The lowest BCUT2D eigenvalue weighted by molar-refractivity contribution is -0.133. The third-order valence-electron chi connectivity index (χ3n) is 5.76. The van der Waals surface area contributed by atoms with E-state index < -0.39 is 0 Å². The highest BCUT2D eigenvalue weighted by Gasteiger charge is 2.26. The lowest BCUT2D eigenvalue weighted by Crippen LogP contribution is -2.39. The van der Waals surface area contributed by atoms with E-state index in [1.54, 1.807) is 6.20 Å². The van der Waals surface area contributed by atoms with Crippen molar-refractivity contribution in [1.82, 2.24) is 9.88 Å². The van der Waals surface area contributed by atoms with Crippen LogP contribution in [0, 0.1) is 17.2 Å². The van der Waals surface area contributed by atoms with Gasteiger partial charge in [-0.25, -0.2) is 4.98 Å². The van der Waals surface area contributed by atoms with Crippen LogP contribution in [0.25, 0.3) is 0 Å². The second-order valence-corrected chi connectivity index (χ2v) is 7.49. The molecule has 0 bridgehead atoms. The summed E-state index contributed by atoms with van der Waals surface area (Å²) in [5.41, 5.74) is 3.26. The smallest absolute Gasteiger partial charge is 0.223 e. The third-order valence-corrected chi connectivity index (χ3v) is 5.76. The zero-order chi connectivity index (χ0) is 18.6. The molecule has 0 aliphatic carbocycles. The molecular formula is C22H24N4O. The van der Waals surface area contributed by atoms with Crippen molar-refractivity contribution in [1.29, 1.82) is 5.26 Å². The minimum atomic E-state index is 0.291. The van der Waals surface area contributed by atoms with Crippen molar-refractivity contribution in [2.45, 2.75) is 32.2 Å². The molecule has 2 aliphatic heterocycles. The fourth-order valence-corrected chi connectivity index (χ4v) is 4.09. The Morgan fingerprint density at radius 3 is 2.59 bits per heavy atom. The van der Waals surface area contributed by atoms with E-state index in [4.69, 9.17) is 5.26 Å². The summed E-state index contributed by atoms with van der Waals surface area (Å²) in [5.74, 6) is 1.66. The van der Waals surface area contributed by atoms with E-state index in [0.29, 0.717) is 23.8 Å². The van der Waals surface area contributed by atoms with Gasteiger partial charge in [0.2, 0.25) is 5.91 Å². The zero-order valence-corrected chi connectivity index (χ0v) is 15.5. The van der Waals surface area contributed by atoms with Gasteiger partial charge in [-0.2, -0.15) is 5.26 Å². The van der Waals surface area contributed by atoms with Gasteiger partial charge in [-0.3, -0.25) is 4.79 Å². The Labute approximate surface area is 160 Å². The molecule has 138 valence electrons. The topological polar surface area (TPSA) is 60.2 Å². The molecule has 0 atom stereocenters. The highest BCUT2D eigenvalue weighted by molar-refractivity contribution is 5.76. The number of nitrogens with zero attached hydrogens (tertiary/aromatic N) is 4. The fraction of sp³-hybridized carbons (Fsp3) is 0.409. The first-order valence-electron chi connectivity index (χ1n) is 9.68. The summed E-state index contributed by atoms with van der Waals surface area (Å²) in [4.78, 5) is 21.4. The maximum Gasteiger partial charge on any atom is 0.223 e. The highest BCUT2D eigenvalue weighted by Crippen LogP contribution is 2.26. The molecule has 4 rings (SSSR count). The molecule has 1 fully saturated rings. The van der Waals surface area contributed by atoms with Crippen LogP contribution in [-0.2, 0) is 17.8 Å². The van der Waals surface area contributed by atoms with Crippen LogP contribution < -0.4 is 4.90 Å². The van der Waals surface area contributed by atoms with Crippen molar-refractivity contribution in [2.24, 2.45) is 5.92 Å². The van der Waals surface area contributed by atoms with Crippen LogP contribution >= 0.6 is 0 Å². The van der Waals surface area contributed by atoms with Crippen LogP contribution in [0.2, 0.25) is 0 Å². The van der Waals surface area contributed by atoms with Crippen molar-refractivity contribution in [2.75, 3.05) is 24.5 Å². The maximum atomic E-state index is 12.8. The van der Waals surface area contributed by atoms with Gasteiger partial charge in [0.25, 0.3) is 0 Å². The monoisotopic (exact) mass is 360 g/mol. The van der Waals surface area contributed by atoms with Gasteiger partial charge in [0.1, 0.15) is 11.9 Å². The first-order valence-corrected chi connectivity index (χ1v) is 9.68. The van der Waals surface area contributed by atoms with Gasteiger partial charge >= 0.3 is 0 Å². The number of benzene rings is 1. The van der Waals surface area contributed by atoms with Gasteiger partial charge in [0, 0.05) is 38.8 Å². The Morgan fingerprint density at radius 2 is 1.89 bits per heavy atom. The number of pyridine rings is 1. The van der Waals surface area contributed by atoms with Gasteiger partial charge in [-0.1, -0.05) is 24.3 Å². The summed E-state index contributed by atoms with van der Waals surface area (Å²) >= 11 is 0. The minimum Gasteiger partial charge on any atom is -0.357 e. The fourth-order valence-electron chi connectivity index (χ4n) is 4.09. The van der Waals surface area contributed by atoms with Gasteiger partial charge in [-0.05, 0) is 48.4 Å². The lowest BCUT2D eigenvalue weighted by atomic mass is 9.92. The Hall–Kier alpha value is -2.87. The minimum absolute atomic E-state index is 0.291. The SMILES string of the molecule is N#Cc1ccc(N2CCC(CC(=O)N3CCc4ccccc4C3)CC2)nc1. The molecule has 5 nitrogen and oxygen atoms in total. The van der Waals surface area contributed by atoms with Crippen LogP contribution in [0.4, 0.5) is 5.82 Å². The molecule has 3 heterocycles. The predicted octanol–water partition coefficient (Wildman–Crippen LogP) is 3.14. The van der Waals surface area contributed by atoms with Crippen molar-refractivity contribution in [3.8, 4) is 6.07 Å². The van der Waals surface area contributed by atoms with E-state index in [-0.39, 0.29) is 0 Å². The Bertz CT molecular complexity index is 847. The van der Waals surface area contributed by atoms with E-state index in [1.807, 2.05) is 17.0 Å². The Kier molecular flexibility index (Phi) is 5.06. The summed E-state index contributed by atoms with van der Waals surface area (Å²) in [6, 6.07) is 14.3. The average Bonchev–Trinajstić information content (AvgIpc) is 2.74. The summed E-state index contributed by atoms with van der Waals surface area (Å²) in [6.07, 6.45) is 5.26. The van der Waals surface area contributed by atoms with Gasteiger partial charge in [0.15, 0.2) is 0 Å². The van der Waals surface area contributed by atoms with Gasteiger partial charge in [0.05, 0.1) is 5.56 Å². The molecule has 0 N–H and O–H groups in total. The summed E-state index contributed by atoms with van der Waals surface area (Å²) in [7, 11) is 0. The maximum absolute atomic E-state index is 12.8. The van der Waals surface area contributed by atoms with Crippen LogP contribution in [0.5, 0.6) is 0 Å². The number of fused-ring (bicyclic) bond motifs is 1. The molecule has 0 unspecified atom stereocenters. The molecule has 1 aromatic carbocycles. The number of aromatic nitrogens is 1. The summed E-state index contributed by atoms with van der Waals surface area (Å²) < 4.78 is 0. The molecule has 2 aromatic rings. The normalized spacial score (nSPS) is 17.3. The van der Waals surface area contributed by atoms with Crippen LogP contribution in [0.15, 0.2) is 42.6 Å². The van der Waals surface area contributed by atoms with Crippen molar-refractivity contribution in [3.05, 3.63) is 59.3 Å². The molecule has 27 heavy (non-hydrogen) atoms. The zero-order valence-electron chi connectivity index (χ0n) is 15.5. The van der Waals surface area contributed by atoms with E-state index in [2.05, 4.69) is 40.2 Å². The third kappa shape index (κ3) is 3.95. The number of hydrogen-bond acceptors (Lipinski definition) is 4. The predicted molar refractivity (Wildman–Crippen MR) is 104 cm³/mol. The van der Waals surface area contributed by atoms with Crippen molar-refractivity contribution >= 4 is 11.7 Å². The van der Waals surface area contributed by atoms with E-state index in [0.717, 1.165) is 51.3 Å². The molecule has 1 amide bonds. The van der Waals surface area contributed by atoms with Gasteiger partial charge in [-0.15, -0.1) is 0 Å². The molecule has 2 aliphatic rings. The van der Waals surface area contributed by atoms with E-state index in [1.165, 1.54) is 11.1 Å². The number of nitriles is 1. The van der Waals surface area contributed by atoms with E-state index in [9.17, 15) is 4.79 Å². The molecule has 1 saturated heterocycles. The number of carbonyl (C=O) groups is 1. The van der Waals surface area contributed by atoms with Crippen LogP contribution in [0.1, 0.15) is 36.0 Å². The highest BCUT2D eigenvalue weighted by atomic mass is 16.2. The number of anilines is 1. The number of amides is 1. The standard InChI is InChI=1S/C22H24N4O/c23-14-18-5-6-21(24-15-18)25-10-7-17(8-11-25)13-22(27)26-12-9-19-3-1-2-4-20(19)16-26/h1-6,15,17H,7-13,16H2. The van der Waals surface area contributed by atoms with Crippen molar-refractivity contribution < 1.29 is 4.79 Å². The Morgan fingerprint density at radius 1 is 1.11 bits per heavy atom. The summed E-state index contributed by atoms with van der Waals surface area (Å²) in [6.45, 7) is 3.42. The number of piperidine rings is 1. The quantitative estimate of drug-likeness (QED) is 0.844. The molecule has 0 spiro atoms. The number of carbonyl (C=O) groups excluding carboxylic acids is 1. The molecule has 1 aromatic heterocycles. The van der Waals surface area contributed by atoms with Crippen LogP contribution in [0.3, 0.4) is 0 Å². The first kappa shape index (κ1) is 17.5. The second kappa shape index (κ2) is 7.79. The lowest BCUT2D eigenvalue weighted by Gasteiger charge is -2.34. The second-order valence-electron chi connectivity index (χ2n) is 7.49. The molecule has 0 saturated carbocycles.